The first-order chi connectivity index (χ1) is 14.5. The molecule has 0 bridgehead atoms. The van der Waals surface area contributed by atoms with Crippen molar-refractivity contribution in [3.63, 3.8) is 0 Å². The quantitative estimate of drug-likeness (QED) is 0.263. The fraction of sp³-hybridized carbons (Fsp3) is 0. The van der Waals surface area contributed by atoms with Gasteiger partial charge in [0, 0.05) is 5.02 Å². The van der Waals surface area contributed by atoms with Crippen LogP contribution < -0.4 is 10.1 Å². The van der Waals surface area contributed by atoms with Crippen LogP contribution in [0.3, 0.4) is 0 Å². The molecule has 30 heavy (non-hydrogen) atoms. The van der Waals surface area contributed by atoms with Gasteiger partial charge in [0.15, 0.2) is 0 Å². The van der Waals surface area contributed by atoms with Crippen molar-refractivity contribution in [3.8, 4) is 17.9 Å². The van der Waals surface area contributed by atoms with Crippen LogP contribution in [0.1, 0.15) is 21.5 Å². The minimum Gasteiger partial charge on any atom is -0.423 e. The summed E-state index contributed by atoms with van der Waals surface area (Å²) in [7, 11) is 0. The maximum absolute atomic E-state index is 12.4. The summed E-state index contributed by atoms with van der Waals surface area (Å²) in [5, 5.41) is 23.5. The summed E-state index contributed by atoms with van der Waals surface area (Å²) in [6.45, 7) is 0. The summed E-state index contributed by atoms with van der Waals surface area (Å²) in [4.78, 5) is 24.6. The normalized spacial score (nSPS) is 10.6. The molecule has 1 N–H and O–H groups in total. The van der Waals surface area contributed by atoms with E-state index in [1.807, 2.05) is 12.1 Å². The van der Waals surface area contributed by atoms with E-state index in [0.717, 1.165) is 0 Å². The molecule has 0 unspecified atom stereocenters. The van der Waals surface area contributed by atoms with Crippen molar-refractivity contribution in [3.05, 3.63) is 87.3 Å². The van der Waals surface area contributed by atoms with E-state index in [1.54, 1.807) is 53.9 Å². The van der Waals surface area contributed by atoms with Crippen molar-refractivity contribution in [1.82, 2.24) is 0 Å². The molecule has 0 radical (unpaired) electrons. The Hall–Kier alpha value is -3.91. The first-order valence-corrected chi connectivity index (χ1v) is 9.74. The summed E-state index contributed by atoms with van der Waals surface area (Å²) < 4.78 is 5.34. The Morgan fingerprint density at radius 3 is 2.57 bits per heavy atom. The second kappa shape index (κ2) is 9.53. The van der Waals surface area contributed by atoms with Crippen LogP contribution in [0.5, 0.6) is 5.75 Å². The van der Waals surface area contributed by atoms with Crippen molar-refractivity contribution in [2.75, 3.05) is 5.32 Å². The molecular weight excluding hydrogens is 422 g/mol. The van der Waals surface area contributed by atoms with Crippen LogP contribution in [0.25, 0.3) is 6.08 Å². The fourth-order valence-electron chi connectivity index (χ4n) is 2.40. The van der Waals surface area contributed by atoms with E-state index in [-0.39, 0.29) is 11.3 Å². The molecule has 0 saturated heterocycles. The van der Waals surface area contributed by atoms with E-state index in [4.69, 9.17) is 21.6 Å². The number of nitriles is 2. The third-order valence-corrected chi connectivity index (χ3v) is 4.92. The zero-order chi connectivity index (χ0) is 21.5. The van der Waals surface area contributed by atoms with Gasteiger partial charge in [0.1, 0.15) is 28.5 Å². The van der Waals surface area contributed by atoms with Crippen LogP contribution in [-0.4, -0.2) is 11.9 Å². The number of carbonyl (C=O) groups excluding carboxylic acids is 2. The summed E-state index contributed by atoms with van der Waals surface area (Å²) in [6.07, 6.45) is 1.37. The van der Waals surface area contributed by atoms with Gasteiger partial charge in [-0.3, -0.25) is 4.79 Å². The second-order valence-electron chi connectivity index (χ2n) is 5.87. The van der Waals surface area contributed by atoms with Gasteiger partial charge in [-0.25, -0.2) is 4.79 Å². The van der Waals surface area contributed by atoms with Crippen molar-refractivity contribution >= 4 is 45.9 Å². The molecule has 0 saturated carbocycles. The Labute approximate surface area is 181 Å². The highest BCUT2D eigenvalue weighted by atomic mass is 35.5. The zero-order valence-electron chi connectivity index (χ0n) is 15.3. The van der Waals surface area contributed by atoms with Crippen LogP contribution >= 0.6 is 22.9 Å². The number of rotatable bonds is 5. The maximum atomic E-state index is 12.4. The lowest BCUT2D eigenvalue weighted by Gasteiger charge is -2.06. The van der Waals surface area contributed by atoms with Gasteiger partial charge in [-0.1, -0.05) is 23.7 Å². The molecule has 3 rings (SSSR count). The third-order valence-electron chi connectivity index (χ3n) is 3.84. The third kappa shape index (κ3) is 5.12. The number of nitrogens with one attached hydrogen (secondary N) is 1. The van der Waals surface area contributed by atoms with Gasteiger partial charge in [-0.05, 0) is 59.5 Å². The first-order valence-electron chi connectivity index (χ1n) is 8.48. The first kappa shape index (κ1) is 20.8. The molecule has 1 heterocycles. The Morgan fingerprint density at radius 2 is 1.87 bits per heavy atom. The van der Waals surface area contributed by atoms with Crippen molar-refractivity contribution in [2.45, 2.75) is 0 Å². The lowest BCUT2D eigenvalue weighted by molar-refractivity contribution is -0.112. The molecule has 0 aliphatic rings. The lowest BCUT2D eigenvalue weighted by atomic mass is 10.1. The average Bonchev–Trinajstić information content (AvgIpc) is 3.19. The van der Waals surface area contributed by atoms with Crippen molar-refractivity contribution < 1.29 is 14.3 Å². The number of ether oxygens (including phenoxy) is 1. The molecule has 8 heteroatoms. The number of benzene rings is 2. The number of nitrogens with zero attached hydrogens (tertiary/aromatic N) is 2. The number of hydrogen-bond donors (Lipinski definition) is 1. The number of thiophene rings is 1. The van der Waals surface area contributed by atoms with Gasteiger partial charge in [0.2, 0.25) is 0 Å². The van der Waals surface area contributed by atoms with Gasteiger partial charge >= 0.3 is 5.97 Å². The minimum atomic E-state index is -0.639. The number of hydrogen-bond acceptors (Lipinski definition) is 6. The van der Waals surface area contributed by atoms with E-state index in [2.05, 4.69) is 5.32 Å². The minimum absolute atomic E-state index is 0.159. The highest BCUT2D eigenvalue weighted by molar-refractivity contribution is 7.14. The van der Waals surface area contributed by atoms with E-state index in [0.29, 0.717) is 26.7 Å². The van der Waals surface area contributed by atoms with E-state index >= 15 is 0 Å². The topological polar surface area (TPSA) is 103 Å². The summed E-state index contributed by atoms with van der Waals surface area (Å²) >= 11 is 7.00. The van der Waals surface area contributed by atoms with Crippen molar-refractivity contribution in [1.29, 1.82) is 10.5 Å². The van der Waals surface area contributed by atoms with E-state index < -0.39 is 11.9 Å². The molecule has 6 nitrogen and oxygen atoms in total. The lowest BCUT2D eigenvalue weighted by Crippen LogP contribution is -2.13. The number of amides is 1. The monoisotopic (exact) mass is 433 g/mol. The van der Waals surface area contributed by atoms with Gasteiger partial charge in [0.25, 0.3) is 5.91 Å². The van der Waals surface area contributed by atoms with Crippen LogP contribution in [-0.2, 0) is 4.79 Å². The van der Waals surface area contributed by atoms with E-state index in [1.165, 1.54) is 23.5 Å². The van der Waals surface area contributed by atoms with Gasteiger partial charge < -0.3 is 10.1 Å². The molecule has 0 fully saturated rings. The Balaban J connectivity index is 1.76. The Morgan fingerprint density at radius 1 is 1.10 bits per heavy atom. The molecule has 1 aromatic heterocycles. The predicted molar refractivity (Wildman–Crippen MR) is 114 cm³/mol. The fourth-order valence-corrected chi connectivity index (χ4v) is 3.26. The number of carbonyl (C=O) groups is 2. The predicted octanol–water partition coefficient (Wildman–Crippen LogP) is 5.04. The highest BCUT2D eigenvalue weighted by Gasteiger charge is 2.14. The van der Waals surface area contributed by atoms with Gasteiger partial charge in [-0.15, -0.1) is 11.3 Å². The van der Waals surface area contributed by atoms with Crippen molar-refractivity contribution in [2.24, 2.45) is 0 Å². The molecule has 0 aliphatic heterocycles. The number of anilines is 1. The molecule has 0 spiro atoms. The summed E-state index contributed by atoms with van der Waals surface area (Å²) in [5.74, 6) is -0.945. The van der Waals surface area contributed by atoms with Crippen LogP contribution in [0.15, 0.2) is 65.6 Å². The largest absolute Gasteiger partial charge is 0.423 e. The van der Waals surface area contributed by atoms with Crippen LogP contribution in [0, 0.1) is 22.7 Å². The van der Waals surface area contributed by atoms with Crippen LogP contribution in [0.4, 0.5) is 5.00 Å². The SMILES string of the molecule is N#CC(=Cc1cccc(OC(=O)c2ccc(Cl)cc2)c1)C(=O)Nc1sccc1C#N. The summed E-state index contributed by atoms with van der Waals surface area (Å²) in [6, 6.07) is 18.1. The molecule has 0 aliphatic carbocycles. The standard InChI is InChI=1S/C22H12ClN3O3S/c23-18-6-4-15(5-7-18)22(28)29-19-3-1-2-14(11-19)10-17(13-25)20(27)26-21-16(12-24)8-9-30-21/h1-11H,(H,26,27). The number of halogens is 1. The smallest absolute Gasteiger partial charge is 0.343 e. The Bertz CT molecular complexity index is 1220. The number of esters is 1. The maximum Gasteiger partial charge on any atom is 0.343 e. The van der Waals surface area contributed by atoms with E-state index in [9.17, 15) is 14.9 Å². The zero-order valence-corrected chi connectivity index (χ0v) is 16.8. The molecule has 0 atom stereocenters. The second-order valence-corrected chi connectivity index (χ2v) is 7.22. The summed E-state index contributed by atoms with van der Waals surface area (Å²) in [5.41, 5.74) is 0.992. The van der Waals surface area contributed by atoms with Gasteiger partial charge in [-0.2, -0.15) is 10.5 Å². The van der Waals surface area contributed by atoms with Gasteiger partial charge in [0.05, 0.1) is 11.1 Å². The average molecular weight is 434 g/mol. The molecule has 1 amide bonds. The molecule has 2 aromatic carbocycles. The highest BCUT2D eigenvalue weighted by Crippen LogP contribution is 2.23. The molecule has 146 valence electrons. The van der Waals surface area contributed by atoms with Crippen LogP contribution in [0.2, 0.25) is 5.02 Å². The molecular formula is C22H12ClN3O3S. The Kier molecular flexibility index (Phi) is 6.61. The molecule has 3 aromatic rings.